The zero-order valence-electron chi connectivity index (χ0n) is 13.3. The number of halogens is 3. The molecule has 0 radical (unpaired) electrons. The Morgan fingerprint density at radius 2 is 1.71 bits per heavy atom. The third-order valence-electron chi connectivity index (χ3n) is 3.54. The molecule has 0 saturated heterocycles. The van der Waals surface area contributed by atoms with Crippen molar-refractivity contribution in [3.8, 4) is 5.75 Å². The first-order chi connectivity index (χ1) is 11.4. The van der Waals surface area contributed by atoms with Crippen molar-refractivity contribution in [1.82, 2.24) is 0 Å². The summed E-state index contributed by atoms with van der Waals surface area (Å²) in [6.45, 7) is 0.876. The monoisotopic (exact) mass is 353 g/mol. The second-order valence-corrected chi connectivity index (χ2v) is 6.07. The number of nitrogens with one attached hydrogen (secondary N) is 1. The van der Waals surface area contributed by atoms with Crippen molar-refractivity contribution in [2.45, 2.75) is 26.4 Å². The fourth-order valence-electron chi connectivity index (χ4n) is 2.49. The van der Waals surface area contributed by atoms with Gasteiger partial charge >= 0.3 is 6.61 Å². The molecule has 1 unspecified atom stereocenters. The van der Waals surface area contributed by atoms with E-state index in [1.54, 1.807) is 36.4 Å². The van der Waals surface area contributed by atoms with Crippen LogP contribution in [0.3, 0.4) is 0 Å². The molecule has 1 amide bonds. The van der Waals surface area contributed by atoms with E-state index in [4.69, 9.17) is 11.6 Å². The van der Waals surface area contributed by atoms with Crippen LogP contribution in [0, 0.1) is 5.92 Å². The normalized spacial score (nSPS) is 12.3. The van der Waals surface area contributed by atoms with Gasteiger partial charge in [-0.15, -0.1) is 0 Å². The average Bonchev–Trinajstić information content (AvgIpc) is 2.50. The van der Waals surface area contributed by atoms with Gasteiger partial charge in [0, 0.05) is 5.02 Å². The van der Waals surface area contributed by atoms with E-state index in [0.717, 1.165) is 5.56 Å². The first-order valence-corrected chi connectivity index (χ1v) is 7.86. The Morgan fingerprint density at radius 3 is 2.29 bits per heavy atom. The summed E-state index contributed by atoms with van der Waals surface area (Å²) in [6.07, 6.45) is 0. The van der Waals surface area contributed by atoms with Gasteiger partial charge in [-0.05, 0) is 35.7 Å². The van der Waals surface area contributed by atoms with Gasteiger partial charge in [0.2, 0.25) is 5.91 Å². The van der Waals surface area contributed by atoms with Crippen molar-refractivity contribution in [3.05, 3.63) is 59.1 Å². The Bertz CT molecular complexity index is 690. The number of carbonyl (C=O) groups excluding carboxylic acids is 1. The van der Waals surface area contributed by atoms with E-state index in [0.29, 0.717) is 5.02 Å². The standard InChI is InChI=1S/C18H18ClF2NO2/c1-11(2)16(12-7-9-13(19)10-8-12)17(23)22-14-5-3-4-6-15(14)24-18(20)21/h3-11,16,18H,1-2H3,(H,22,23). The van der Waals surface area contributed by atoms with Gasteiger partial charge < -0.3 is 10.1 Å². The summed E-state index contributed by atoms with van der Waals surface area (Å²) in [5, 5.41) is 3.26. The average molecular weight is 354 g/mol. The maximum Gasteiger partial charge on any atom is 0.387 e. The van der Waals surface area contributed by atoms with Crippen LogP contribution >= 0.6 is 11.6 Å². The van der Waals surface area contributed by atoms with E-state index in [1.807, 2.05) is 13.8 Å². The lowest BCUT2D eigenvalue weighted by atomic mass is 9.87. The molecule has 0 spiro atoms. The number of hydrogen-bond acceptors (Lipinski definition) is 2. The lowest BCUT2D eigenvalue weighted by Crippen LogP contribution is -2.25. The molecule has 2 aromatic carbocycles. The summed E-state index contributed by atoms with van der Waals surface area (Å²) in [5.41, 5.74) is 1.02. The third kappa shape index (κ3) is 4.68. The van der Waals surface area contributed by atoms with Crippen molar-refractivity contribution in [1.29, 1.82) is 0 Å². The van der Waals surface area contributed by atoms with Crippen molar-refractivity contribution in [3.63, 3.8) is 0 Å². The fourth-order valence-corrected chi connectivity index (χ4v) is 2.61. The van der Waals surface area contributed by atoms with Gasteiger partial charge in [0.15, 0.2) is 0 Å². The first kappa shape index (κ1) is 18.2. The summed E-state index contributed by atoms with van der Waals surface area (Å²) in [6, 6.07) is 13.1. The molecule has 2 aromatic rings. The molecule has 3 nitrogen and oxygen atoms in total. The quantitative estimate of drug-likeness (QED) is 0.763. The first-order valence-electron chi connectivity index (χ1n) is 7.48. The second-order valence-electron chi connectivity index (χ2n) is 5.64. The molecule has 2 rings (SSSR count). The van der Waals surface area contributed by atoms with E-state index in [-0.39, 0.29) is 23.3 Å². The lowest BCUT2D eigenvalue weighted by Gasteiger charge is -2.21. The molecule has 0 aliphatic heterocycles. The van der Waals surface area contributed by atoms with Crippen LogP contribution in [0.4, 0.5) is 14.5 Å². The van der Waals surface area contributed by atoms with Crippen LogP contribution in [0.25, 0.3) is 0 Å². The molecule has 24 heavy (non-hydrogen) atoms. The predicted molar refractivity (Wildman–Crippen MR) is 90.7 cm³/mol. The van der Waals surface area contributed by atoms with E-state index >= 15 is 0 Å². The zero-order chi connectivity index (χ0) is 17.7. The molecule has 0 fully saturated rings. The second kappa shape index (κ2) is 8.11. The largest absolute Gasteiger partial charge is 0.433 e. The molecule has 0 aliphatic rings. The maximum atomic E-state index is 12.7. The molecule has 6 heteroatoms. The van der Waals surface area contributed by atoms with Crippen LogP contribution in [-0.2, 0) is 4.79 Å². The van der Waals surface area contributed by atoms with Crippen molar-refractivity contribution in [2.75, 3.05) is 5.32 Å². The van der Waals surface area contributed by atoms with Gasteiger partial charge in [0.05, 0.1) is 11.6 Å². The highest BCUT2D eigenvalue weighted by molar-refractivity contribution is 6.30. The summed E-state index contributed by atoms with van der Waals surface area (Å²) >= 11 is 5.89. The highest BCUT2D eigenvalue weighted by atomic mass is 35.5. The summed E-state index contributed by atoms with van der Waals surface area (Å²) in [5.74, 6) is -0.798. The number of carbonyl (C=O) groups is 1. The molecule has 0 saturated carbocycles. The zero-order valence-corrected chi connectivity index (χ0v) is 14.1. The van der Waals surface area contributed by atoms with Crippen LogP contribution in [0.1, 0.15) is 25.3 Å². The van der Waals surface area contributed by atoms with Crippen LogP contribution in [0.2, 0.25) is 5.02 Å². The SMILES string of the molecule is CC(C)C(C(=O)Nc1ccccc1OC(F)F)c1ccc(Cl)cc1. The summed E-state index contributed by atoms with van der Waals surface area (Å²) in [4.78, 5) is 12.7. The molecular formula is C18H18ClF2NO2. The number of alkyl halides is 2. The molecule has 1 atom stereocenters. The van der Waals surface area contributed by atoms with Crippen LogP contribution in [-0.4, -0.2) is 12.5 Å². The van der Waals surface area contributed by atoms with Crippen molar-refractivity contribution >= 4 is 23.2 Å². The minimum absolute atomic E-state index is 0.00866. The van der Waals surface area contributed by atoms with Crippen LogP contribution in [0.15, 0.2) is 48.5 Å². The summed E-state index contributed by atoms with van der Waals surface area (Å²) in [7, 11) is 0. The number of amides is 1. The minimum atomic E-state index is -2.96. The molecule has 0 heterocycles. The Hall–Kier alpha value is -2.14. The molecule has 1 N–H and O–H groups in total. The molecule has 0 bridgehead atoms. The van der Waals surface area contributed by atoms with E-state index < -0.39 is 12.5 Å². The molecule has 128 valence electrons. The van der Waals surface area contributed by atoms with Gasteiger partial charge in [0.1, 0.15) is 5.75 Å². The van der Waals surface area contributed by atoms with Crippen LogP contribution in [0.5, 0.6) is 5.75 Å². The molecular weight excluding hydrogens is 336 g/mol. The van der Waals surface area contributed by atoms with Gasteiger partial charge in [-0.1, -0.05) is 49.7 Å². The Balaban J connectivity index is 2.24. The van der Waals surface area contributed by atoms with Crippen molar-refractivity contribution in [2.24, 2.45) is 5.92 Å². The van der Waals surface area contributed by atoms with E-state index in [1.165, 1.54) is 12.1 Å². The number of rotatable bonds is 6. The van der Waals surface area contributed by atoms with E-state index in [9.17, 15) is 13.6 Å². The van der Waals surface area contributed by atoms with Gasteiger partial charge in [-0.2, -0.15) is 8.78 Å². The number of anilines is 1. The Morgan fingerprint density at radius 1 is 1.08 bits per heavy atom. The van der Waals surface area contributed by atoms with E-state index in [2.05, 4.69) is 10.1 Å². The smallest absolute Gasteiger partial charge is 0.387 e. The number of hydrogen-bond donors (Lipinski definition) is 1. The Kier molecular flexibility index (Phi) is 6.15. The Labute approximate surface area is 144 Å². The fraction of sp³-hybridized carbons (Fsp3) is 0.278. The van der Waals surface area contributed by atoms with Crippen molar-refractivity contribution < 1.29 is 18.3 Å². The van der Waals surface area contributed by atoms with Crippen LogP contribution < -0.4 is 10.1 Å². The lowest BCUT2D eigenvalue weighted by molar-refractivity contribution is -0.118. The number of para-hydroxylation sites is 2. The molecule has 0 aliphatic carbocycles. The predicted octanol–water partition coefficient (Wildman–Crippen LogP) is 5.32. The highest BCUT2D eigenvalue weighted by Crippen LogP contribution is 2.30. The number of ether oxygens (including phenoxy) is 1. The third-order valence-corrected chi connectivity index (χ3v) is 3.79. The topological polar surface area (TPSA) is 38.3 Å². The highest BCUT2D eigenvalue weighted by Gasteiger charge is 2.25. The minimum Gasteiger partial charge on any atom is -0.433 e. The van der Waals surface area contributed by atoms with Gasteiger partial charge in [-0.3, -0.25) is 4.79 Å². The number of benzene rings is 2. The van der Waals surface area contributed by atoms with Gasteiger partial charge in [-0.25, -0.2) is 0 Å². The van der Waals surface area contributed by atoms with Gasteiger partial charge in [0.25, 0.3) is 0 Å². The molecule has 0 aromatic heterocycles. The maximum absolute atomic E-state index is 12.7. The summed E-state index contributed by atoms with van der Waals surface area (Å²) < 4.78 is 29.4.